The molecule has 3 amide bonds. The number of benzene rings is 1. The summed E-state index contributed by atoms with van der Waals surface area (Å²) in [5.74, 6) is 0.220. The summed E-state index contributed by atoms with van der Waals surface area (Å²) >= 11 is 0. The van der Waals surface area contributed by atoms with Crippen LogP contribution in [-0.2, 0) is 28.7 Å². The number of amides is 3. The number of carbonyl (C=O) groups is 3. The lowest BCUT2D eigenvalue weighted by molar-refractivity contribution is -0.120. The maximum absolute atomic E-state index is 11.8. The maximum atomic E-state index is 11.8. The lowest BCUT2D eigenvalue weighted by atomic mass is 10.2. The van der Waals surface area contributed by atoms with Gasteiger partial charge in [-0.15, -0.1) is 0 Å². The Morgan fingerprint density at radius 2 is 1.36 bits per heavy atom. The quantitative estimate of drug-likeness (QED) is 0.412. The highest BCUT2D eigenvalue weighted by Crippen LogP contribution is 2.15. The first-order chi connectivity index (χ1) is 17.5. The van der Waals surface area contributed by atoms with Gasteiger partial charge in [0.15, 0.2) is 0 Å². The van der Waals surface area contributed by atoms with Gasteiger partial charge >= 0.3 is 0 Å². The van der Waals surface area contributed by atoms with Crippen LogP contribution in [0.4, 0.5) is 0 Å². The van der Waals surface area contributed by atoms with E-state index in [0.29, 0.717) is 32.2 Å². The van der Waals surface area contributed by atoms with Crippen molar-refractivity contribution in [1.29, 1.82) is 0 Å². The molecule has 0 spiro atoms. The van der Waals surface area contributed by atoms with Crippen molar-refractivity contribution < 1.29 is 33.5 Å². The van der Waals surface area contributed by atoms with Crippen LogP contribution in [0.2, 0.25) is 0 Å². The van der Waals surface area contributed by atoms with Gasteiger partial charge in [-0.25, -0.2) is 0 Å². The van der Waals surface area contributed by atoms with Crippen LogP contribution in [-0.4, -0.2) is 62.6 Å². The SMILES string of the molecule is CC[C@@H]1CCC(=O)N1.Cc1ccc(S(=O)(=O)OC[C@@H]2CCC(=O)N2)cc1.O=C1CC[C@@H](CO)N1.[2H]CC. The average Bonchev–Trinajstić information content (AvgIpc) is 3.60. The zero-order valence-electron chi connectivity index (χ0n) is 22.4. The highest BCUT2D eigenvalue weighted by atomic mass is 32.2. The highest BCUT2D eigenvalue weighted by molar-refractivity contribution is 7.86. The first-order valence-electron chi connectivity index (χ1n) is 13.0. The van der Waals surface area contributed by atoms with Gasteiger partial charge in [0.05, 0.1) is 30.2 Å². The predicted molar refractivity (Wildman–Crippen MR) is 137 cm³/mol. The molecule has 0 radical (unpaired) electrons. The van der Waals surface area contributed by atoms with Gasteiger partial charge in [-0.2, -0.15) is 8.42 Å². The zero-order valence-corrected chi connectivity index (χ0v) is 22.2. The molecule has 4 rings (SSSR count). The number of carbonyl (C=O) groups excluding carboxylic acids is 3. The molecule has 36 heavy (non-hydrogen) atoms. The number of hydrogen-bond acceptors (Lipinski definition) is 7. The fourth-order valence-corrected chi connectivity index (χ4v) is 4.49. The Morgan fingerprint density at radius 1 is 0.917 bits per heavy atom. The molecular weight excluding hydrogens is 486 g/mol. The molecule has 3 aliphatic heterocycles. The molecule has 204 valence electrons. The third-order valence-corrected chi connectivity index (χ3v) is 7.00. The van der Waals surface area contributed by atoms with Crippen molar-refractivity contribution in [3.63, 3.8) is 0 Å². The number of aliphatic hydroxyl groups excluding tert-OH is 1. The summed E-state index contributed by atoms with van der Waals surface area (Å²) in [5.41, 5.74) is 0.983. The fourth-order valence-electron chi connectivity index (χ4n) is 3.54. The second-order valence-corrected chi connectivity index (χ2v) is 10.2. The molecule has 3 atom stereocenters. The van der Waals surface area contributed by atoms with Gasteiger partial charge in [-0.1, -0.05) is 38.4 Å². The molecule has 11 heteroatoms. The van der Waals surface area contributed by atoms with E-state index in [1.807, 2.05) is 6.92 Å². The molecule has 0 bridgehead atoms. The van der Waals surface area contributed by atoms with Gasteiger partial charge in [0.25, 0.3) is 10.1 Å². The molecule has 1 aromatic rings. The lowest BCUT2D eigenvalue weighted by Crippen LogP contribution is -2.30. The second kappa shape index (κ2) is 16.3. The summed E-state index contributed by atoms with van der Waals surface area (Å²) in [6, 6.07) is 6.75. The van der Waals surface area contributed by atoms with Crippen LogP contribution in [0.3, 0.4) is 0 Å². The monoisotopic (exact) mass is 528 g/mol. The summed E-state index contributed by atoms with van der Waals surface area (Å²) in [6.07, 6.45) is 5.25. The Bertz CT molecular complexity index is 932. The highest BCUT2D eigenvalue weighted by Gasteiger charge is 2.24. The third-order valence-electron chi connectivity index (χ3n) is 5.70. The van der Waals surface area contributed by atoms with E-state index in [-0.39, 0.29) is 47.9 Å². The van der Waals surface area contributed by atoms with Crippen LogP contribution in [0.15, 0.2) is 29.2 Å². The Hall–Kier alpha value is -2.50. The van der Waals surface area contributed by atoms with Crippen LogP contribution >= 0.6 is 0 Å². The molecule has 3 aliphatic rings. The zero-order chi connectivity index (χ0) is 27.8. The van der Waals surface area contributed by atoms with Crippen LogP contribution in [0.1, 0.15) is 72.6 Å². The summed E-state index contributed by atoms with van der Waals surface area (Å²) in [5, 5.41) is 16.6. The van der Waals surface area contributed by atoms with Crippen LogP contribution in [0.25, 0.3) is 0 Å². The van der Waals surface area contributed by atoms with Crippen molar-refractivity contribution in [2.45, 2.75) is 95.6 Å². The summed E-state index contributed by atoms with van der Waals surface area (Å²) in [6.45, 7) is 6.33. The molecule has 0 unspecified atom stereocenters. The van der Waals surface area contributed by atoms with Crippen molar-refractivity contribution in [2.24, 2.45) is 0 Å². The Kier molecular flexibility index (Phi) is 13.4. The molecule has 4 N–H and O–H groups in total. The van der Waals surface area contributed by atoms with Crippen molar-refractivity contribution in [2.75, 3.05) is 13.2 Å². The summed E-state index contributed by atoms with van der Waals surface area (Å²) < 4.78 is 34.8. The number of nitrogens with one attached hydrogen (secondary N) is 3. The second-order valence-electron chi connectivity index (χ2n) is 8.55. The Morgan fingerprint density at radius 3 is 1.69 bits per heavy atom. The Balaban J connectivity index is 0.000000298. The van der Waals surface area contributed by atoms with E-state index >= 15 is 0 Å². The fraction of sp³-hybridized carbons (Fsp3) is 0.640. The molecule has 10 nitrogen and oxygen atoms in total. The molecule has 1 aromatic carbocycles. The molecule has 3 fully saturated rings. The number of aliphatic hydroxyl groups is 1. The molecule has 0 aromatic heterocycles. The largest absolute Gasteiger partial charge is 0.394 e. The van der Waals surface area contributed by atoms with Crippen LogP contribution in [0.5, 0.6) is 0 Å². The molecule has 3 saturated heterocycles. The first-order valence-corrected chi connectivity index (χ1v) is 13.7. The number of rotatable bonds is 6. The minimum absolute atomic E-state index is 0.0120. The van der Waals surface area contributed by atoms with Crippen molar-refractivity contribution in [3.05, 3.63) is 29.8 Å². The molecular formula is C25H41N3O7S. The van der Waals surface area contributed by atoms with E-state index in [0.717, 1.165) is 31.2 Å². The minimum atomic E-state index is -3.73. The van der Waals surface area contributed by atoms with Gasteiger partial charge < -0.3 is 21.1 Å². The molecule has 0 saturated carbocycles. The van der Waals surface area contributed by atoms with Gasteiger partial charge in [0.2, 0.25) is 17.7 Å². The smallest absolute Gasteiger partial charge is 0.297 e. The van der Waals surface area contributed by atoms with Crippen molar-refractivity contribution in [1.82, 2.24) is 16.0 Å². The minimum Gasteiger partial charge on any atom is -0.394 e. The van der Waals surface area contributed by atoms with Crippen molar-refractivity contribution >= 4 is 27.8 Å². The molecule has 3 heterocycles. The Labute approximate surface area is 216 Å². The standard InChI is InChI=1S/C12H15NO4S.C6H11NO.C5H9NO2.C2H6/c1-9-2-5-11(6-3-9)18(15,16)17-8-10-4-7-12(14)13-10;1-2-5-3-4-6(8)7-5;7-3-4-1-2-5(8)6-4;1-2/h2-3,5-6,10H,4,7-8H2,1H3,(H,13,14);5H,2-4H2,1H3,(H,7,8);4,7H,1-3H2,(H,6,8);1-2H3/t10-;5-;4-;/m010./s1/i;;;1D. The summed E-state index contributed by atoms with van der Waals surface area (Å²) in [7, 11) is -3.73. The van der Waals surface area contributed by atoms with E-state index < -0.39 is 10.1 Å². The summed E-state index contributed by atoms with van der Waals surface area (Å²) in [4.78, 5) is 32.0. The van der Waals surface area contributed by atoms with Gasteiger partial charge in [-0.3, -0.25) is 18.6 Å². The van der Waals surface area contributed by atoms with E-state index in [1.165, 1.54) is 12.1 Å². The number of hydrogen-bond donors (Lipinski definition) is 4. The molecule has 0 aliphatic carbocycles. The van der Waals surface area contributed by atoms with Gasteiger partial charge in [-0.05, 0) is 44.7 Å². The van der Waals surface area contributed by atoms with E-state index in [4.69, 9.17) is 10.7 Å². The topological polar surface area (TPSA) is 151 Å². The maximum Gasteiger partial charge on any atom is 0.297 e. The van der Waals surface area contributed by atoms with E-state index in [2.05, 4.69) is 22.9 Å². The van der Waals surface area contributed by atoms with Crippen molar-refractivity contribution in [3.8, 4) is 0 Å². The first kappa shape index (κ1) is 29.7. The van der Waals surface area contributed by atoms with Gasteiger partial charge in [0.1, 0.15) is 0 Å². The lowest BCUT2D eigenvalue weighted by Gasteiger charge is -2.10. The van der Waals surface area contributed by atoms with Crippen LogP contribution < -0.4 is 16.0 Å². The third kappa shape index (κ3) is 11.5. The normalized spacial score (nSPS) is 22.9. The number of aryl methyl sites for hydroxylation is 1. The van der Waals surface area contributed by atoms with Crippen LogP contribution in [0, 0.1) is 6.92 Å². The average molecular weight is 529 g/mol. The van der Waals surface area contributed by atoms with Gasteiger partial charge in [0, 0.05) is 26.7 Å². The van der Waals surface area contributed by atoms with E-state index in [1.54, 1.807) is 19.1 Å². The predicted octanol–water partition coefficient (Wildman–Crippen LogP) is 1.94. The van der Waals surface area contributed by atoms with E-state index in [9.17, 15) is 22.8 Å².